The average Bonchev–Trinajstić information content (AvgIpc) is 3.84. The first-order valence-corrected chi connectivity index (χ1v) is 29.1. The number of allylic oxidation sites excluding steroid dienone is 4. The molecule has 4 aromatic carbocycles. The third-order valence-corrected chi connectivity index (χ3v) is 18.2. The van der Waals surface area contributed by atoms with Crippen LogP contribution in [-0.4, -0.2) is 112 Å². The average molecular weight is 1030 g/mol. The van der Waals surface area contributed by atoms with Gasteiger partial charge in [-0.15, -0.1) is 11.8 Å². The molecule has 0 spiro atoms. The Morgan fingerprint density at radius 1 is 0.649 bits per heavy atom. The van der Waals surface area contributed by atoms with Crippen molar-refractivity contribution in [1.29, 1.82) is 0 Å². The maximum Gasteiger partial charge on any atom is 0.270 e. The summed E-state index contributed by atoms with van der Waals surface area (Å²) >= 11 is 3.77. The topological polar surface area (TPSA) is 106 Å². The highest BCUT2D eigenvalue weighted by atomic mass is 32.2. The lowest BCUT2D eigenvalue weighted by molar-refractivity contribution is -0.673. The standard InChI is InChI=1S/C60H68N8O4S2/c69-55(21-3-1-9-30-66-32-24-42-44-41-73-53-19-7-5-13-45(53)61-27-23-49(44)71-50-17-11-15-47(66)57(42)50)62-28-35-64-37-39-65(40-38-64)36-29-63-56(70)22-4-2-10-31-67-33-25-43-58-48(67)16-12-18-51(58)72-52-26-34-68-46-14-6-8-20-54(46)74-60(68)59(43)52/h5-8,11-20,24-25,32-33,49,52,61H,1-4,9-10,21-23,26-31,34-41H2,(H-,62,63,69,70)/p+1. The van der Waals surface area contributed by atoms with Gasteiger partial charge in [-0.3, -0.25) is 19.4 Å². The molecule has 8 heterocycles. The molecule has 1 fully saturated rings. The summed E-state index contributed by atoms with van der Waals surface area (Å²) < 4.78 is 17.2. The second-order valence-corrected chi connectivity index (χ2v) is 22.7. The summed E-state index contributed by atoms with van der Waals surface area (Å²) in [5.41, 5.74) is 12.7. The van der Waals surface area contributed by atoms with Gasteiger partial charge in [-0.05, 0) is 91.4 Å². The molecule has 2 unspecified atom stereocenters. The zero-order valence-corrected chi connectivity index (χ0v) is 44.1. The van der Waals surface area contributed by atoms with E-state index in [9.17, 15) is 9.59 Å². The number of hydrogen-bond acceptors (Lipinski definition) is 11. The number of hydrogen-bond donors (Lipinski definition) is 3. The van der Waals surface area contributed by atoms with E-state index in [1.54, 1.807) is 0 Å². The Kier molecular flexibility index (Phi) is 14.8. The fourth-order valence-electron chi connectivity index (χ4n) is 12.0. The Balaban J connectivity index is 0.510. The first-order valence-electron chi connectivity index (χ1n) is 27.3. The number of fused-ring (bicyclic) bond motifs is 7. The maximum absolute atomic E-state index is 12.8. The van der Waals surface area contributed by atoms with Crippen molar-refractivity contribution in [2.75, 3.05) is 92.9 Å². The fourth-order valence-corrected chi connectivity index (χ4v) is 14.4. The number of anilines is 3. The first-order chi connectivity index (χ1) is 36.5. The van der Waals surface area contributed by atoms with Crippen molar-refractivity contribution in [2.45, 2.75) is 87.9 Å². The molecule has 12 nitrogen and oxygen atoms in total. The van der Waals surface area contributed by atoms with E-state index in [1.807, 2.05) is 23.1 Å². The molecule has 7 aliphatic heterocycles. The minimum atomic E-state index is 0.0638. The Morgan fingerprint density at radius 3 is 1.97 bits per heavy atom. The summed E-state index contributed by atoms with van der Waals surface area (Å²) in [5.74, 6) is 3.17. The van der Waals surface area contributed by atoms with Crippen LogP contribution in [0.1, 0.15) is 80.3 Å². The van der Waals surface area contributed by atoms with Gasteiger partial charge in [0.15, 0.2) is 6.54 Å². The summed E-state index contributed by atoms with van der Waals surface area (Å²) in [6.07, 6.45) is 18.1. The zero-order chi connectivity index (χ0) is 49.8. The van der Waals surface area contributed by atoms with Gasteiger partial charge in [0, 0.05) is 149 Å². The van der Waals surface area contributed by atoms with Crippen LogP contribution in [0.3, 0.4) is 0 Å². The normalized spacial score (nSPS) is 19.6. The highest BCUT2D eigenvalue weighted by Crippen LogP contribution is 2.51. The fraction of sp³-hybridized carbons (Fsp3) is 0.417. The van der Waals surface area contributed by atoms with E-state index >= 15 is 0 Å². The lowest BCUT2D eigenvalue weighted by Crippen LogP contribution is -2.50. The lowest BCUT2D eigenvalue weighted by Gasteiger charge is -2.36. The lowest BCUT2D eigenvalue weighted by atomic mass is 9.87. The molecule has 1 saturated heterocycles. The number of piperazine rings is 1. The van der Waals surface area contributed by atoms with Gasteiger partial charge in [-0.25, -0.2) is 0 Å². The second kappa shape index (κ2) is 22.4. The number of aromatic nitrogens is 1. The summed E-state index contributed by atoms with van der Waals surface area (Å²) in [5, 5.41) is 11.3. The summed E-state index contributed by atoms with van der Waals surface area (Å²) in [6, 6.07) is 30.3. The molecule has 2 amide bonds. The van der Waals surface area contributed by atoms with Crippen molar-refractivity contribution in [3.05, 3.63) is 131 Å². The molecular weight excluding hydrogens is 961 g/mol. The SMILES string of the molecule is O=C(CCCCCN1C=CC2=C3CSc4ccccc4NCCC3Oc3cccc1c32)NCCN1CCN(CCNC(=O)CCCCCN2C=CC3=C4c5sc6ccccc6[n+]5CCC4Oc4cccc2c43)CC1. The van der Waals surface area contributed by atoms with E-state index in [-0.39, 0.29) is 24.0 Å². The number of amides is 2. The third kappa shape index (κ3) is 10.3. The number of thiazole rings is 1. The van der Waals surface area contributed by atoms with Crippen LogP contribution in [-0.2, 0) is 16.1 Å². The van der Waals surface area contributed by atoms with E-state index in [2.05, 4.69) is 150 Å². The minimum Gasteiger partial charge on any atom is -0.485 e. The Morgan fingerprint density at radius 2 is 1.27 bits per heavy atom. The number of nitrogens with one attached hydrogen (secondary N) is 3. The van der Waals surface area contributed by atoms with Gasteiger partial charge in [0.2, 0.25) is 17.3 Å². The Bertz CT molecular complexity index is 3030. The number of thioether (sulfide) groups is 1. The minimum absolute atomic E-state index is 0.0638. The predicted octanol–water partition coefficient (Wildman–Crippen LogP) is 9.73. The highest BCUT2D eigenvalue weighted by molar-refractivity contribution is 7.99. The molecule has 0 radical (unpaired) electrons. The largest absolute Gasteiger partial charge is 0.485 e. The molecule has 12 rings (SSSR count). The number of rotatable bonds is 18. The number of carbonyl (C=O) groups excluding carboxylic acids is 2. The van der Waals surface area contributed by atoms with Crippen molar-refractivity contribution >= 4 is 78.9 Å². The first kappa shape index (κ1) is 48.9. The third-order valence-electron chi connectivity index (χ3n) is 15.9. The second-order valence-electron chi connectivity index (χ2n) is 20.6. The summed E-state index contributed by atoms with van der Waals surface area (Å²) in [6.45, 7) is 10.7. The Hall–Kier alpha value is -6.06. The highest BCUT2D eigenvalue weighted by Gasteiger charge is 2.42. The summed E-state index contributed by atoms with van der Waals surface area (Å²) in [7, 11) is 0. The van der Waals surface area contributed by atoms with Crippen molar-refractivity contribution in [2.24, 2.45) is 0 Å². The molecule has 2 atom stereocenters. The van der Waals surface area contributed by atoms with Crippen LogP contribution in [0.2, 0.25) is 0 Å². The smallest absolute Gasteiger partial charge is 0.270 e. The number of unbranched alkanes of at least 4 members (excludes halogenated alkanes) is 4. The van der Waals surface area contributed by atoms with Crippen LogP contribution in [0.5, 0.6) is 11.5 Å². The monoisotopic (exact) mass is 1030 g/mol. The molecule has 5 aromatic rings. The molecule has 0 bridgehead atoms. The zero-order valence-electron chi connectivity index (χ0n) is 42.5. The van der Waals surface area contributed by atoms with Crippen molar-refractivity contribution in [3.63, 3.8) is 0 Å². The van der Waals surface area contributed by atoms with Crippen molar-refractivity contribution < 1.29 is 23.6 Å². The molecule has 3 N–H and O–H groups in total. The number of aryl methyl sites for hydroxylation is 1. The van der Waals surface area contributed by atoms with Gasteiger partial charge < -0.3 is 35.2 Å². The summed E-state index contributed by atoms with van der Waals surface area (Å²) in [4.78, 5) is 36.5. The van der Waals surface area contributed by atoms with Crippen LogP contribution in [0.25, 0.3) is 26.9 Å². The van der Waals surface area contributed by atoms with Gasteiger partial charge >= 0.3 is 0 Å². The van der Waals surface area contributed by atoms with E-state index in [0.29, 0.717) is 25.9 Å². The van der Waals surface area contributed by atoms with Crippen LogP contribution < -0.4 is 39.8 Å². The number of benzene rings is 4. The predicted molar refractivity (Wildman–Crippen MR) is 301 cm³/mol. The van der Waals surface area contributed by atoms with Gasteiger partial charge in [0.05, 0.1) is 16.9 Å². The molecular formula is C60H69N8O4S2+. The van der Waals surface area contributed by atoms with Crippen molar-refractivity contribution in [1.82, 2.24) is 20.4 Å². The van der Waals surface area contributed by atoms with Crippen LogP contribution in [0.15, 0.2) is 120 Å². The van der Waals surface area contributed by atoms with Gasteiger partial charge in [0.25, 0.3) is 5.01 Å². The van der Waals surface area contributed by atoms with E-state index in [4.69, 9.17) is 9.47 Å². The number of nitrogens with zero attached hydrogens (tertiary/aromatic N) is 5. The van der Waals surface area contributed by atoms with Gasteiger partial charge in [-0.1, -0.05) is 60.6 Å². The molecule has 384 valence electrons. The number of carbonyl (C=O) groups is 2. The maximum atomic E-state index is 12.8. The quantitative estimate of drug-likeness (QED) is 0.0581. The molecule has 0 aliphatic carbocycles. The molecule has 14 heteroatoms. The van der Waals surface area contributed by atoms with Crippen molar-refractivity contribution in [3.8, 4) is 11.5 Å². The molecule has 7 aliphatic rings. The molecule has 0 saturated carbocycles. The number of para-hydroxylation sites is 2. The van der Waals surface area contributed by atoms with E-state index in [1.165, 1.54) is 70.6 Å². The van der Waals surface area contributed by atoms with Gasteiger partial charge in [-0.2, -0.15) is 4.57 Å². The van der Waals surface area contributed by atoms with E-state index in [0.717, 1.165) is 134 Å². The molecule has 74 heavy (non-hydrogen) atoms. The van der Waals surface area contributed by atoms with Crippen LogP contribution >= 0.6 is 23.1 Å². The Labute approximate surface area is 444 Å². The van der Waals surface area contributed by atoms with Crippen LogP contribution in [0, 0.1) is 0 Å². The van der Waals surface area contributed by atoms with Gasteiger partial charge in [0.1, 0.15) is 28.4 Å². The number of ether oxygens (including phenoxy) is 2. The van der Waals surface area contributed by atoms with E-state index < -0.39 is 0 Å². The van der Waals surface area contributed by atoms with Crippen LogP contribution in [0.4, 0.5) is 17.1 Å². The molecule has 1 aromatic heterocycles.